The van der Waals surface area contributed by atoms with Gasteiger partial charge in [-0.15, -0.1) is 0 Å². The van der Waals surface area contributed by atoms with E-state index in [-0.39, 0.29) is 0 Å². The molecule has 0 aromatic rings. The van der Waals surface area contributed by atoms with Crippen molar-refractivity contribution in [1.29, 1.82) is 0 Å². The molecule has 0 aliphatic heterocycles. The van der Waals surface area contributed by atoms with Crippen LogP contribution in [0.15, 0.2) is 12.2 Å². The lowest BCUT2D eigenvalue weighted by atomic mass is 9.88. The molecule has 0 bridgehead atoms. The van der Waals surface area contributed by atoms with Crippen LogP contribution in [0, 0.1) is 0 Å². The summed E-state index contributed by atoms with van der Waals surface area (Å²) < 4.78 is 0. The minimum Gasteiger partial charge on any atom is -0.480 e. The van der Waals surface area contributed by atoms with E-state index in [4.69, 9.17) is 15.9 Å². The molecule has 0 aromatic carbocycles. The fourth-order valence-electron chi connectivity index (χ4n) is 2.94. The number of carboxylic acid groups (broad SMARTS) is 1. The van der Waals surface area contributed by atoms with E-state index in [0.717, 1.165) is 44.9 Å². The Morgan fingerprint density at radius 3 is 2.03 bits per heavy atom. The lowest BCUT2D eigenvalue weighted by Gasteiger charge is -2.32. The number of hydrogen-bond acceptors (Lipinski definition) is 7. The summed E-state index contributed by atoms with van der Waals surface area (Å²) in [5.74, 6) is -1.35. The molecule has 170 valence electrons. The van der Waals surface area contributed by atoms with Crippen molar-refractivity contribution >= 4 is 11.8 Å². The van der Waals surface area contributed by atoms with E-state index in [1.54, 1.807) is 6.08 Å². The summed E-state index contributed by atoms with van der Waals surface area (Å²) in [6.45, 7) is 1.06. The maximum Gasteiger partial charge on any atom is 0.328 e. The number of nitrogens with two attached hydrogens (primary N) is 1. The Bertz CT molecular complexity index is 497. The van der Waals surface area contributed by atoms with E-state index in [9.17, 15) is 24.9 Å². The number of aliphatic hydroxyl groups excluding tert-OH is 4. The molecule has 0 unspecified atom stereocenters. The molecule has 29 heavy (non-hydrogen) atoms. The maximum absolute atomic E-state index is 11.7. The van der Waals surface area contributed by atoms with Crippen molar-refractivity contribution in [2.45, 2.75) is 101 Å². The van der Waals surface area contributed by atoms with Crippen LogP contribution in [-0.4, -0.2) is 67.7 Å². The SMILES string of the molecule is CCCCCCC(=O)CCCCCC/C=C/[C@H](O)[C@@H](O)[C@@H](O)[C@@](N)(CO)C(=O)O. The van der Waals surface area contributed by atoms with Crippen LogP contribution in [-0.2, 0) is 9.59 Å². The van der Waals surface area contributed by atoms with E-state index in [1.807, 2.05) is 0 Å². The quantitative estimate of drug-likeness (QED) is 0.144. The molecule has 0 aliphatic rings. The topological polar surface area (TPSA) is 161 Å². The number of unbranched alkanes of at least 4 members (excludes halogenated alkanes) is 7. The number of ketones is 1. The summed E-state index contributed by atoms with van der Waals surface area (Å²) in [7, 11) is 0. The van der Waals surface area contributed by atoms with Gasteiger partial charge in [-0.3, -0.25) is 9.59 Å². The lowest BCUT2D eigenvalue weighted by molar-refractivity contribution is -0.158. The van der Waals surface area contributed by atoms with Gasteiger partial charge in [-0.05, 0) is 25.7 Å². The molecule has 4 atom stereocenters. The summed E-state index contributed by atoms with van der Waals surface area (Å²) in [5, 5.41) is 47.7. The van der Waals surface area contributed by atoms with Gasteiger partial charge in [-0.25, -0.2) is 0 Å². The third-order valence-corrected chi connectivity index (χ3v) is 5.08. The molecule has 0 radical (unpaired) electrons. The molecule has 0 aromatic heterocycles. The minimum atomic E-state index is -2.46. The van der Waals surface area contributed by atoms with Crippen LogP contribution in [0.4, 0.5) is 0 Å². The molecule has 0 fully saturated rings. The van der Waals surface area contributed by atoms with Crippen molar-refractivity contribution in [2.24, 2.45) is 5.73 Å². The van der Waals surface area contributed by atoms with Gasteiger partial charge in [0.1, 0.15) is 24.1 Å². The highest BCUT2D eigenvalue weighted by atomic mass is 16.4. The average Bonchev–Trinajstić information content (AvgIpc) is 2.70. The number of allylic oxidation sites excluding steroid dienone is 1. The molecule has 8 nitrogen and oxygen atoms in total. The second-order valence-corrected chi connectivity index (χ2v) is 7.66. The van der Waals surface area contributed by atoms with Crippen molar-refractivity contribution in [2.75, 3.05) is 6.61 Å². The Morgan fingerprint density at radius 2 is 1.52 bits per heavy atom. The number of carbonyl (C=O) groups excluding carboxylic acids is 1. The zero-order valence-corrected chi connectivity index (χ0v) is 17.5. The Balaban J connectivity index is 3.99. The second-order valence-electron chi connectivity index (χ2n) is 7.66. The number of aliphatic hydroxyl groups is 4. The summed E-state index contributed by atoms with van der Waals surface area (Å²) in [5.41, 5.74) is 2.93. The number of Topliss-reactive ketones (excluding diaryl/α,β-unsaturated/α-hetero) is 1. The number of hydrogen-bond donors (Lipinski definition) is 6. The van der Waals surface area contributed by atoms with Crippen LogP contribution in [0.25, 0.3) is 0 Å². The molecular formula is C21H39NO7. The van der Waals surface area contributed by atoms with Crippen LogP contribution >= 0.6 is 0 Å². The predicted octanol–water partition coefficient (Wildman–Crippen LogP) is 1.28. The van der Waals surface area contributed by atoms with E-state index in [2.05, 4.69) is 6.92 Å². The van der Waals surface area contributed by atoms with Gasteiger partial charge in [0.05, 0.1) is 6.61 Å². The maximum atomic E-state index is 11.7. The summed E-state index contributed by atoms with van der Waals surface area (Å²) in [6.07, 6.45) is 7.50. The smallest absolute Gasteiger partial charge is 0.328 e. The third-order valence-electron chi connectivity index (χ3n) is 5.08. The van der Waals surface area contributed by atoms with Gasteiger partial charge in [0, 0.05) is 12.8 Å². The number of aliphatic carboxylic acids is 1. The number of carboxylic acids is 1. The van der Waals surface area contributed by atoms with Crippen molar-refractivity contribution in [3.05, 3.63) is 12.2 Å². The van der Waals surface area contributed by atoms with Gasteiger partial charge in [0.2, 0.25) is 0 Å². The molecular weight excluding hydrogens is 378 g/mol. The first-order chi connectivity index (χ1) is 13.7. The molecule has 0 rings (SSSR count). The third kappa shape index (κ3) is 10.9. The standard InChI is InChI=1S/C21H39NO7/c1-2-3-4-9-12-16(24)13-10-7-5-6-8-11-14-17(25)18(26)19(27)21(22,15-23)20(28)29/h11,14,17-19,23,25-27H,2-10,12-13,15,22H2,1H3,(H,28,29)/b14-11+/t17-,18+,19+,21-/m0/s1. The van der Waals surface area contributed by atoms with Crippen LogP contribution in [0.5, 0.6) is 0 Å². The van der Waals surface area contributed by atoms with Gasteiger partial charge < -0.3 is 31.3 Å². The van der Waals surface area contributed by atoms with Crippen LogP contribution in [0.2, 0.25) is 0 Å². The molecule has 0 amide bonds. The fourth-order valence-corrected chi connectivity index (χ4v) is 2.94. The zero-order valence-electron chi connectivity index (χ0n) is 17.5. The Morgan fingerprint density at radius 1 is 0.966 bits per heavy atom. The minimum absolute atomic E-state index is 0.330. The Labute approximate surface area is 173 Å². The van der Waals surface area contributed by atoms with Crippen molar-refractivity contribution in [3.63, 3.8) is 0 Å². The highest BCUT2D eigenvalue weighted by Crippen LogP contribution is 2.15. The second kappa shape index (κ2) is 15.5. The van der Waals surface area contributed by atoms with Crippen molar-refractivity contribution < 1.29 is 35.1 Å². The highest BCUT2D eigenvalue weighted by molar-refractivity contribution is 5.79. The van der Waals surface area contributed by atoms with Gasteiger partial charge in [-0.2, -0.15) is 0 Å². The van der Waals surface area contributed by atoms with Gasteiger partial charge in [-0.1, -0.05) is 51.2 Å². The molecule has 0 spiro atoms. The molecule has 0 heterocycles. The number of rotatable bonds is 18. The molecule has 8 heteroatoms. The normalized spacial score (nSPS) is 17.0. The van der Waals surface area contributed by atoms with Crippen LogP contribution < -0.4 is 5.73 Å². The highest BCUT2D eigenvalue weighted by Gasteiger charge is 2.46. The van der Waals surface area contributed by atoms with Gasteiger partial charge >= 0.3 is 5.97 Å². The lowest BCUT2D eigenvalue weighted by Crippen LogP contribution is -2.65. The van der Waals surface area contributed by atoms with E-state index in [1.165, 1.54) is 12.5 Å². The van der Waals surface area contributed by atoms with Gasteiger partial charge in [0.25, 0.3) is 0 Å². The first-order valence-corrected chi connectivity index (χ1v) is 10.6. The summed E-state index contributed by atoms with van der Waals surface area (Å²) in [6, 6.07) is 0. The van der Waals surface area contributed by atoms with Crippen LogP contribution in [0.1, 0.15) is 77.6 Å². The fraction of sp³-hybridized carbons (Fsp3) is 0.810. The van der Waals surface area contributed by atoms with Gasteiger partial charge in [0.15, 0.2) is 5.54 Å². The summed E-state index contributed by atoms with van der Waals surface area (Å²) >= 11 is 0. The zero-order chi connectivity index (χ0) is 22.3. The summed E-state index contributed by atoms with van der Waals surface area (Å²) in [4.78, 5) is 22.8. The first-order valence-electron chi connectivity index (χ1n) is 10.6. The monoisotopic (exact) mass is 417 g/mol. The molecule has 0 aliphatic carbocycles. The van der Waals surface area contributed by atoms with Crippen molar-refractivity contribution in [1.82, 2.24) is 0 Å². The van der Waals surface area contributed by atoms with E-state index in [0.29, 0.717) is 25.0 Å². The Hall–Kier alpha value is -1.32. The van der Waals surface area contributed by atoms with E-state index >= 15 is 0 Å². The van der Waals surface area contributed by atoms with Crippen molar-refractivity contribution in [3.8, 4) is 0 Å². The predicted molar refractivity (Wildman–Crippen MR) is 110 cm³/mol. The Kier molecular flexibility index (Phi) is 14.8. The largest absolute Gasteiger partial charge is 0.480 e. The first kappa shape index (κ1) is 27.7. The molecule has 0 saturated heterocycles. The van der Waals surface area contributed by atoms with E-state index < -0.39 is 36.4 Å². The van der Waals surface area contributed by atoms with Crippen LogP contribution in [0.3, 0.4) is 0 Å². The molecule has 0 saturated carbocycles. The average molecular weight is 418 g/mol. The molecule has 7 N–H and O–H groups in total. The number of carbonyl (C=O) groups is 2.